The largest absolute Gasteiger partial charge is 0.493 e. The number of aryl methyl sites for hydroxylation is 1. The number of ether oxygens (including phenoxy) is 5. The minimum Gasteiger partial charge on any atom is -0.493 e. The lowest BCUT2D eigenvalue weighted by Gasteiger charge is -2.35. The zero-order chi connectivity index (χ0) is 26.2. The Morgan fingerprint density at radius 1 is 0.917 bits per heavy atom. The van der Waals surface area contributed by atoms with Crippen LogP contribution in [0, 0.1) is 0 Å². The van der Waals surface area contributed by atoms with Gasteiger partial charge in [-0.2, -0.15) is 0 Å². The van der Waals surface area contributed by atoms with Crippen molar-refractivity contribution in [3.05, 3.63) is 47.5 Å². The lowest BCUT2D eigenvalue weighted by molar-refractivity contribution is -0.242. The number of aliphatic hydroxyl groups is 6. The molecule has 0 amide bonds. The van der Waals surface area contributed by atoms with Crippen molar-refractivity contribution in [2.24, 2.45) is 0 Å². The molecule has 2 aromatic rings. The van der Waals surface area contributed by atoms with Gasteiger partial charge in [-0.1, -0.05) is 12.1 Å². The van der Waals surface area contributed by atoms with E-state index in [1.165, 1.54) is 32.4 Å². The molecule has 0 spiro atoms. The average Bonchev–Trinajstić information content (AvgIpc) is 2.90. The molecular weight excluding hydrogens is 476 g/mol. The molecule has 0 radical (unpaired) electrons. The summed E-state index contributed by atoms with van der Waals surface area (Å²) in [5.74, 6) is 1.13. The Kier molecular flexibility index (Phi) is 10.1. The molecule has 11 heteroatoms. The zero-order valence-electron chi connectivity index (χ0n) is 20.2. The van der Waals surface area contributed by atoms with Gasteiger partial charge < -0.3 is 54.3 Å². The fourth-order valence-corrected chi connectivity index (χ4v) is 3.80. The smallest absolute Gasteiger partial charge is 0.229 e. The van der Waals surface area contributed by atoms with Crippen molar-refractivity contribution in [1.29, 1.82) is 0 Å². The predicted octanol–water partition coefficient (Wildman–Crippen LogP) is -0.0802. The molecule has 0 aliphatic carbocycles. The first-order valence-corrected chi connectivity index (χ1v) is 11.6. The quantitative estimate of drug-likeness (QED) is 0.226. The SMILES string of the molecule is COc1cc([C@@H](O)[C@@H](CO)Oc2ccc(CCCO)cc2OC)ccc1O[C@@H]1OC[C@@H](O)[C@H](O)[C@H]1O. The first kappa shape index (κ1) is 27.9. The average molecular weight is 511 g/mol. The number of benzene rings is 2. The lowest BCUT2D eigenvalue weighted by atomic mass is 10.0. The van der Waals surface area contributed by atoms with Gasteiger partial charge in [0.1, 0.15) is 24.4 Å². The first-order chi connectivity index (χ1) is 17.3. The Bertz CT molecular complexity index is 969. The summed E-state index contributed by atoms with van der Waals surface area (Å²) < 4.78 is 27.5. The Hall–Kier alpha value is -2.64. The van der Waals surface area contributed by atoms with E-state index in [4.69, 9.17) is 28.8 Å². The summed E-state index contributed by atoms with van der Waals surface area (Å²) in [6, 6.07) is 9.78. The molecule has 0 saturated carbocycles. The van der Waals surface area contributed by atoms with Crippen molar-refractivity contribution in [2.75, 3.05) is 34.0 Å². The summed E-state index contributed by atoms with van der Waals surface area (Å²) in [6.45, 7) is -0.644. The van der Waals surface area contributed by atoms with Gasteiger partial charge in [-0.15, -0.1) is 0 Å². The summed E-state index contributed by atoms with van der Waals surface area (Å²) in [4.78, 5) is 0. The van der Waals surface area contributed by atoms with Crippen LogP contribution in [-0.2, 0) is 11.2 Å². The van der Waals surface area contributed by atoms with E-state index in [-0.39, 0.29) is 24.7 Å². The fraction of sp³-hybridized carbons (Fsp3) is 0.520. The van der Waals surface area contributed by atoms with Crippen LogP contribution < -0.4 is 18.9 Å². The third kappa shape index (κ3) is 6.56. The monoisotopic (exact) mass is 510 g/mol. The maximum Gasteiger partial charge on any atom is 0.229 e. The highest BCUT2D eigenvalue weighted by Gasteiger charge is 2.39. The van der Waals surface area contributed by atoms with Crippen LogP contribution >= 0.6 is 0 Å². The molecule has 3 rings (SSSR count). The van der Waals surface area contributed by atoms with Gasteiger partial charge in [0, 0.05) is 6.61 Å². The van der Waals surface area contributed by atoms with Crippen LogP contribution in [0.5, 0.6) is 23.0 Å². The number of aliphatic hydroxyl groups excluding tert-OH is 6. The molecule has 11 nitrogen and oxygen atoms in total. The van der Waals surface area contributed by atoms with Crippen LogP contribution in [-0.4, -0.2) is 95.4 Å². The van der Waals surface area contributed by atoms with Crippen LogP contribution in [0.4, 0.5) is 0 Å². The molecule has 0 bridgehead atoms. The molecule has 0 unspecified atom stereocenters. The zero-order valence-corrected chi connectivity index (χ0v) is 20.2. The molecule has 0 aromatic heterocycles. The van der Waals surface area contributed by atoms with Crippen molar-refractivity contribution < 1.29 is 54.3 Å². The van der Waals surface area contributed by atoms with Gasteiger partial charge >= 0.3 is 0 Å². The van der Waals surface area contributed by atoms with Gasteiger partial charge in [0.2, 0.25) is 6.29 Å². The summed E-state index contributed by atoms with van der Waals surface area (Å²) >= 11 is 0. The maximum atomic E-state index is 10.9. The first-order valence-electron chi connectivity index (χ1n) is 11.6. The van der Waals surface area contributed by atoms with Gasteiger partial charge in [-0.25, -0.2) is 0 Å². The minimum atomic E-state index is -1.49. The van der Waals surface area contributed by atoms with Crippen LogP contribution in [0.2, 0.25) is 0 Å². The normalized spacial score (nSPS) is 23.6. The van der Waals surface area contributed by atoms with Crippen LogP contribution in [0.1, 0.15) is 23.7 Å². The van der Waals surface area contributed by atoms with Crippen LogP contribution in [0.15, 0.2) is 36.4 Å². The Labute approximate surface area is 209 Å². The van der Waals surface area contributed by atoms with Crippen molar-refractivity contribution in [2.45, 2.75) is 49.7 Å². The third-order valence-corrected chi connectivity index (χ3v) is 5.89. The number of rotatable bonds is 12. The third-order valence-electron chi connectivity index (χ3n) is 5.89. The van der Waals surface area contributed by atoms with E-state index in [2.05, 4.69) is 0 Å². The highest BCUT2D eigenvalue weighted by atomic mass is 16.7. The molecule has 2 aromatic carbocycles. The van der Waals surface area contributed by atoms with Crippen molar-refractivity contribution >= 4 is 0 Å². The standard InChI is InChI=1S/C25H34O11/c1-32-19-10-14(4-3-9-26)5-7-17(19)35-21(12-27)22(29)15-6-8-18(20(11-15)33-2)36-25-24(31)23(30)16(28)13-34-25/h5-8,10-11,16,21-31H,3-4,9,12-13H2,1-2H3/t16-,21-,22-,23+,24-,25+/m1/s1. The Morgan fingerprint density at radius 3 is 2.28 bits per heavy atom. The van der Waals surface area contributed by atoms with E-state index >= 15 is 0 Å². The fourth-order valence-electron chi connectivity index (χ4n) is 3.80. The van der Waals surface area contributed by atoms with E-state index in [1.807, 2.05) is 6.07 Å². The number of hydrogen-bond acceptors (Lipinski definition) is 11. The van der Waals surface area contributed by atoms with E-state index in [0.717, 1.165) is 5.56 Å². The molecule has 1 fully saturated rings. The summed E-state index contributed by atoms with van der Waals surface area (Å²) in [7, 11) is 2.87. The number of methoxy groups -OCH3 is 2. The second-order valence-corrected chi connectivity index (χ2v) is 8.37. The Balaban J connectivity index is 1.75. The molecule has 36 heavy (non-hydrogen) atoms. The molecule has 1 saturated heterocycles. The summed E-state index contributed by atoms with van der Waals surface area (Å²) in [5.41, 5.74) is 1.31. The molecular formula is C25H34O11. The summed E-state index contributed by atoms with van der Waals surface area (Å²) in [5, 5.41) is 59.5. The number of hydrogen-bond donors (Lipinski definition) is 6. The van der Waals surface area contributed by atoms with E-state index in [9.17, 15) is 25.5 Å². The topological polar surface area (TPSA) is 168 Å². The highest BCUT2D eigenvalue weighted by Crippen LogP contribution is 2.35. The molecule has 1 aliphatic heterocycles. The van der Waals surface area contributed by atoms with E-state index < -0.39 is 43.4 Å². The Morgan fingerprint density at radius 2 is 1.61 bits per heavy atom. The second-order valence-electron chi connectivity index (χ2n) is 8.37. The van der Waals surface area contributed by atoms with Gasteiger partial charge in [-0.3, -0.25) is 0 Å². The lowest BCUT2D eigenvalue weighted by Crippen LogP contribution is -2.54. The second kappa shape index (κ2) is 13.1. The minimum absolute atomic E-state index is 0.0754. The van der Waals surface area contributed by atoms with Gasteiger partial charge in [0.05, 0.1) is 27.4 Å². The molecule has 200 valence electrons. The van der Waals surface area contributed by atoms with Crippen molar-refractivity contribution in [3.8, 4) is 23.0 Å². The van der Waals surface area contributed by atoms with E-state index in [0.29, 0.717) is 29.9 Å². The van der Waals surface area contributed by atoms with Crippen LogP contribution in [0.25, 0.3) is 0 Å². The molecule has 1 heterocycles. The van der Waals surface area contributed by atoms with Gasteiger partial charge in [0.15, 0.2) is 29.1 Å². The van der Waals surface area contributed by atoms with Crippen molar-refractivity contribution in [1.82, 2.24) is 0 Å². The highest BCUT2D eigenvalue weighted by molar-refractivity contribution is 5.45. The summed E-state index contributed by atoms with van der Waals surface area (Å²) in [6.07, 6.45) is -6.42. The van der Waals surface area contributed by atoms with Gasteiger partial charge in [-0.05, 0) is 48.2 Å². The molecule has 6 atom stereocenters. The molecule has 1 aliphatic rings. The van der Waals surface area contributed by atoms with Crippen LogP contribution in [0.3, 0.4) is 0 Å². The molecule has 6 N–H and O–H groups in total. The van der Waals surface area contributed by atoms with E-state index in [1.54, 1.807) is 12.1 Å². The van der Waals surface area contributed by atoms with Gasteiger partial charge in [0.25, 0.3) is 0 Å². The van der Waals surface area contributed by atoms with Crippen molar-refractivity contribution in [3.63, 3.8) is 0 Å². The predicted molar refractivity (Wildman–Crippen MR) is 126 cm³/mol. The maximum absolute atomic E-state index is 10.9.